The first-order chi connectivity index (χ1) is 16.4. The normalized spacial score (nSPS) is 12.6. The molecule has 0 atom stereocenters. The molecular weight excluding hydrogens is 456 g/mol. The number of thiophene rings is 1. The molecule has 0 radical (unpaired) electrons. The summed E-state index contributed by atoms with van der Waals surface area (Å²) in [5, 5.41) is 5.79. The van der Waals surface area contributed by atoms with Crippen molar-refractivity contribution in [2.45, 2.75) is 13.5 Å². The topological polar surface area (TPSA) is 119 Å². The summed E-state index contributed by atoms with van der Waals surface area (Å²) in [6, 6.07) is 13.7. The summed E-state index contributed by atoms with van der Waals surface area (Å²) in [5.41, 5.74) is 1.49. The minimum absolute atomic E-state index is 0.0767. The first-order valence-electron chi connectivity index (χ1n) is 10.4. The van der Waals surface area contributed by atoms with E-state index in [1.807, 2.05) is 18.2 Å². The van der Waals surface area contributed by atoms with Gasteiger partial charge in [0.2, 0.25) is 0 Å². The average molecular weight is 474 g/mol. The summed E-state index contributed by atoms with van der Waals surface area (Å²) < 4.78 is 6.53. The molecule has 1 aliphatic rings. The van der Waals surface area contributed by atoms with E-state index in [9.17, 15) is 19.2 Å². The summed E-state index contributed by atoms with van der Waals surface area (Å²) >= 11 is 1.13. The van der Waals surface area contributed by atoms with Crippen LogP contribution in [0.25, 0.3) is 10.2 Å². The van der Waals surface area contributed by atoms with Crippen LogP contribution in [0, 0.1) is 6.92 Å². The van der Waals surface area contributed by atoms with Gasteiger partial charge in [0.1, 0.15) is 10.6 Å². The zero-order valence-electron chi connectivity index (χ0n) is 18.0. The number of para-hydroxylation sites is 1. The van der Waals surface area contributed by atoms with Crippen molar-refractivity contribution in [1.82, 2.24) is 9.55 Å². The molecule has 4 aromatic rings. The van der Waals surface area contributed by atoms with Crippen LogP contribution in [0.1, 0.15) is 25.6 Å². The van der Waals surface area contributed by atoms with Crippen LogP contribution in [0.5, 0.6) is 5.75 Å². The number of hydrogen-bond donors (Lipinski definition) is 2. The van der Waals surface area contributed by atoms with Gasteiger partial charge in [-0.25, -0.2) is 4.98 Å². The number of carbonyl (C=O) groups is 3. The minimum Gasteiger partial charge on any atom is -0.482 e. The lowest BCUT2D eigenvalue weighted by Crippen LogP contribution is -2.26. The molecule has 34 heavy (non-hydrogen) atoms. The van der Waals surface area contributed by atoms with Crippen LogP contribution in [-0.4, -0.2) is 33.8 Å². The van der Waals surface area contributed by atoms with Gasteiger partial charge >= 0.3 is 0 Å². The number of nitrogens with zero attached hydrogens (tertiary/aromatic N) is 2. The maximum Gasteiger partial charge on any atom is 0.266 e. The van der Waals surface area contributed by atoms with Crippen molar-refractivity contribution in [1.29, 1.82) is 0 Å². The second-order valence-corrected chi connectivity index (χ2v) is 8.70. The van der Waals surface area contributed by atoms with Gasteiger partial charge in [-0.2, -0.15) is 0 Å². The lowest BCUT2D eigenvalue weighted by atomic mass is 10.1. The highest BCUT2D eigenvalue weighted by atomic mass is 32.1. The summed E-state index contributed by atoms with van der Waals surface area (Å²) in [7, 11) is 0. The number of benzene rings is 2. The molecule has 9 nitrogen and oxygen atoms in total. The Morgan fingerprint density at radius 3 is 2.76 bits per heavy atom. The molecular formula is C24H18N4O5S. The third-order valence-electron chi connectivity index (χ3n) is 5.40. The number of rotatable bonds is 5. The molecule has 2 N–H and O–H groups in total. The molecule has 2 amide bonds. The fraction of sp³-hybridized carbons (Fsp3) is 0.125. The molecule has 1 aliphatic heterocycles. The van der Waals surface area contributed by atoms with Crippen LogP contribution in [0.4, 0.5) is 11.4 Å². The molecule has 5 rings (SSSR count). The van der Waals surface area contributed by atoms with Crippen molar-refractivity contribution in [3.05, 3.63) is 81.2 Å². The Hall–Kier alpha value is -4.31. The quantitative estimate of drug-likeness (QED) is 0.429. The van der Waals surface area contributed by atoms with Crippen LogP contribution >= 0.6 is 11.3 Å². The number of anilines is 2. The highest BCUT2D eigenvalue weighted by molar-refractivity contribution is 7.20. The SMILES string of the molecule is Cc1c(C(=O)Nc2ccccc2)sc2ncn(CC(=O)c3ccc4c(c3)NC(=O)CO4)c(=O)c12. The Labute approximate surface area is 197 Å². The second-order valence-electron chi connectivity index (χ2n) is 7.71. The molecule has 0 unspecified atom stereocenters. The fourth-order valence-electron chi connectivity index (χ4n) is 3.70. The zero-order valence-corrected chi connectivity index (χ0v) is 18.8. The maximum absolute atomic E-state index is 13.2. The number of fused-ring (bicyclic) bond motifs is 2. The van der Waals surface area contributed by atoms with Gasteiger partial charge in [0.05, 0.1) is 28.8 Å². The number of ketones is 1. The summed E-state index contributed by atoms with van der Waals surface area (Å²) in [4.78, 5) is 55.5. The standard InChI is InChI=1S/C24H18N4O5S/c1-13-20-23(34-21(13)22(31)26-15-5-3-2-4-6-15)25-12-28(24(20)32)10-17(29)14-7-8-18-16(9-14)27-19(30)11-33-18/h2-9,12H,10-11H2,1H3,(H,26,31)(H,27,30). The second kappa shape index (κ2) is 8.56. The Balaban J connectivity index is 1.42. The van der Waals surface area contributed by atoms with Crippen molar-refractivity contribution >= 4 is 50.5 Å². The van der Waals surface area contributed by atoms with E-state index in [2.05, 4.69) is 15.6 Å². The van der Waals surface area contributed by atoms with E-state index < -0.39 is 5.56 Å². The molecule has 0 fully saturated rings. The van der Waals surface area contributed by atoms with Gasteiger partial charge in [-0.1, -0.05) is 18.2 Å². The molecule has 0 spiro atoms. The number of carbonyl (C=O) groups excluding carboxylic acids is 3. The van der Waals surface area contributed by atoms with E-state index in [1.54, 1.807) is 31.2 Å². The van der Waals surface area contributed by atoms with Gasteiger partial charge in [0.25, 0.3) is 17.4 Å². The number of amides is 2. The Kier molecular flexibility index (Phi) is 5.42. The largest absolute Gasteiger partial charge is 0.482 e. The molecule has 2 aromatic carbocycles. The predicted octanol–water partition coefficient (Wildman–Crippen LogP) is 3.23. The van der Waals surface area contributed by atoms with E-state index in [-0.39, 0.29) is 30.7 Å². The summed E-state index contributed by atoms with van der Waals surface area (Å²) in [6.45, 7) is 1.38. The lowest BCUT2D eigenvalue weighted by molar-refractivity contribution is -0.118. The first kappa shape index (κ1) is 21.5. The summed E-state index contributed by atoms with van der Waals surface area (Å²) in [6.07, 6.45) is 1.31. The summed E-state index contributed by atoms with van der Waals surface area (Å²) in [5.74, 6) is -0.484. The number of Topliss-reactive ketones (excluding diaryl/α,β-unsaturated/α-hetero) is 1. The van der Waals surface area contributed by atoms with Crippen molar-refractivity contribution in [2.24, 2.45) is 0 Å². The highest BCUT2D eigenvalue weighted by Crippen LogP contribution is 2.29. The minimum atomic E-state index is -0.402. The number of nitrogens with one attached hydrogen (secondary N) is 2. The smallest absolute Gasteiger partial charge is 0.266 e. The van der Waals surface area contributed by atoms with Crippen LogP contribution in [-0.2, 0) is 11.3 Å². The molecule has 0 saturated carbocycles. The van der Waals surface area contributed by atoms with Gasteiger partial charge in [0, 0.05) is 11.3 Å². The monoisotopic (exact) mass is 474 g/mol. The van der Waals surface area contributed by atoms with Crippen molar-refractivity contribution in [3.8, 4) is 5.75 Å². The highest BCUT2D eigenvalue weighted by Gasteiger charge is 2.21. The van der Waals surface area contributed by atoms with Crippen LogP contribution in [0.2, 0.25) is 0 Å². The molecule has 3 heterocycles. The van der Waals surface area contributed by atoms with E-state index in [4.69, 9.17) is 4.74 Å². The number of ether oxygens (including phenoxy) is 1. The van der Waals surface area contributed by atoms with E-state index in [0.717, 1.165) is 11.3 Å². The van der Waals surface area contributed by atoms with Gasteiger partial charge in [-0.3, -0.25) is 23.7 Å². The molecule has 0 saturated heterocycles. The third-order valence-corrected chi connectivity index (χ3v) is 6.60. The Bertz CT molecular complexity index is 1520. The van der Waals surface area contributed by atoms with Gasteiger partial charge in [-0.05, 0) is 42.8 Å². The average Bonchev–Trinajstić information content (AvgIpc) is 3.18. The van der Waals surface area contributed by atoms with E-state index in [0.29, 0.717) is 43.3 Å². The Morgan fingerprint density at radius 1 is 1.18 bits per heavy atom. The number of aryl methyl sites for hydroxylation is 1. The third kappa shape index (κ3) is 3.95. The van der Waals surface area contributed by atoms with E-state index >= 15 is 0 Å². The maximum atomic E-state index is 13.2. The van der Waals surface area contributed by atoms with Gasteiger partial charge in [-0.15, -0.1) is 11.3 Å². The van der Waals surface area contributed by atoms with Crippen LogP contribution in [0.3, 0.4) is 0 Å². The van der Waals surface area contributed by atoms with Crippen molar-refractivity contribution in [3.63, 3.8) is 0 Å². The predicted molar refractivity (Wildman–Crippen MR) is 128 cm³/mol. The van der Waals surface area contributed by atoms with Gasteiger partial charge in [0.15, 0.2) is 12.4 Å². The van der Waals surface area contributed by atoms with E-state index in [1.165, 1.54) is 17.0 Å². The van der Waals surface area contributed by atoms with Gasteiger partial charge < -0.3 is 15.4 Å². The zero-order chi connectivity index (χ0) is 23.8. The van der Waals surface area contributed by atoms with Crippen LogP contribution in [0.15, 0.2) is 59.7 Å². The molecule has 170 valence electrons. The lowest BCUT2D eigenvalue weighted by Gasteiger charge is -2.18. The van der Waals surface area contributed by atoms with Crippen molar-refractivity contribution < 1.29 is 19.1 Å². The molecule has 0 aliphatic carbocycles. The Morgan fingerprint density at radius 2 is 1.97 bits per heavy atom. The number of aromatic nitrogens is 2. The van der Waals surface area contributed by atoms with Crippen molar-refractivity contribution in [2.75, 3.05) is 17.2 Å². The molecule has 2 aromatic heterocycles. The fourth-order valence-corrected chi connectivity index (χ4v) is 4.73. The van der Waals surface area contributed by atoms with Crippen LogP contribution < -0.4 is 20.9 Å². The molecule has 10 heteroatoms. The number of hydrogen-bond acceptors (Lipinski definition) is 7. The first-order valence-corrected chi connectivity index (χ1v) is 11.2. The molecule has 0 bridgehead atoms.